The molecule has 62 heavy (non-hydrogen) atoms. The van der Waals surface area contributed by atoms with Gasteiger partial charge in [-0.15, -0.1) is 0 Å². The molecule has 3 heterocycles. The van der Waals surface area contributed by atoms with Crippen LogP contribution in [0.4, 0.5) is 0 Å². The number of allylic oxidation sites excluding steroid dienone is 1. The number of hydrogen-bond donors (Lipinski definition) is 0. The molecule has 6 rings (SSSR count). The highest BCUT2D eigenvalue weighted by molar-refractivity contribution is 5.59. The van der Waals surface area contributed by atoms with Crippen molar-refractivity contribution in [1.82, 2.24) is 29.9 Å². The lowest BCUT2D eigenvalue weighted by molar-refractivity contribution is 0.237. The molecule has 3 aliphatic rings. The van der Waals surface area contributed by atoms with Gasteiger partial charge in [-0.25, -0.2) is 29.9 Å². The Morgan fingerprint density at radius 1 is 0.500 bits per heavy atom. The second kappa shape index (κ2) is 24.9. The molecule has 5 atom stereocenters. The van der Waals surface area contributed by atoms with Crippen LogP contribution in [0.3, 0.4) is 0 Å². The summed E-state index contributed by atoms with van der Waals surface area (Å²) in [5.41, 5.74) is 12.0. The zero-order valence-electron chi connectivity index (χ0n) is 44.8. The number of rotatable bonds is 6. The Bertz CT molecular complexity index is 1850. The molecule has 0 spiro atoms. The Morgan fingerprint density at radius 3 is 1.29 bits per heavy atom. The van der Waals surface area contributed by atoms with Gasteiger partial charge in [0.25, 0.3) is 0 Å². The van der Waals surface area contributed by atoms with Gasteiger partial charge in [0.05, 0.1) is 17.1 Å². The van der Waals surface area contributed by atoms with E-state index >= 15 is 0 Å². The minimum Gasteiger partial charge on any atom is -0.238 e. The molecule has 3 aromatic heterocycles. The highest BCUT2D eigenvalue weighted by atomic mass is 14.9. The zero-order chi connectivity index (χ0) is 47.5. The summed E-state index contributed by atoms with van der Waals surface area (Å²) in [6.07, 6.45) is 9.06. The number of fused-ring (bicyclic) bond motifs is 3. The van der Waals surface area contributed by atoms with Crippen molar-refractivity contribution in [2.75, 3.05) is 0 Å². The first-order valence-electron chi connectivity index (χ1n) is 24.7. The van der Waals surface area contributed by atoms with E-state index in [1.165, 1.54) is 51.6 Å². The highest BCUT2D eigenvalue weighted by Gasteiger charge is 2.46. The van der Waals surface area contributed by atoms with Gasteiger partial charge in [0.1, 0.15) is 17.5 Å². The van der Waals surface area contributed by atoms with Gasteiger partial charge in [-0.3, -0.25) is 0 Å². The van der Waals surface area contributed by atoms with E-state index < -0.39 is 0 Å². The monoisotopic (exact) mass is 857 g/mol. The number of nitrogens with zero attached hydrogens (tertiary/aromatic N) is 6. The first kappa shape index (κ1) is 59.0. The van der Waals surface area contributed by atoms with Crippen molar-refractivity contribution in [3.63, 3.8) is 0 Å². The van der Waals surface area contributed by atoms with Crippen molar-refractivity contribution in [3.8, 4) is 0 Å². The van der Waals surface area contributed by atoms with Crippen LogP contribution in [0.15, 0.2) is 6.08 Å². The van der Waals surface area contributed by atoms with Crippen LogP contribution >= 0.6 is 0 Å². The molecule has 0 fully saturated rings. The summed E-state index contributed by atoms with van der Waals surface area (Å²) in [4.78, 5) is 28.9. The molecule has 0 saturated heterocycles. The Balaban J connectivity index is 0.000000841. The molecule has 0 radical (unpaired) electrons. The number of aromatic nitrogens is 6. The average molecular weight is 857 g/mol. The van der Waals surface area contributed by atoms with Crippen LogP contribution < -0.4 is 0 Å². The van der Waals surface area contributed by atoms with Crippen LogP contribution in [0.2, 0.25) is 0 Å². The third kappa shape index (κ3) is 12.6. The predicted octanol–water partition coefficient (Wildman–Crippen LogP) is 16.4. The Morgan fingerprint density at radius 2 is 0.887 bits per heavy atom. The van der Waals surface area contributed by atoms with E-state index in [4.69, 9.17) is 24.9 Å². The predicted molar refractivity (Wildman–Crippen MR) is 274 cm³/mol. The summed E-state index contributed by atoms with van der Waals surface area (Å²) in [7, 11) is 0. The van der Waals surface area contributed by atoms with Crippen LogP contribution in [0.1, 0.15) is 266 Å². The van der Waals surface area contributed by atoms with Crippen molar-refractivity contribution >= 4 is 6.08 Å². The van der Waals surface area contributed by atoms with E-state index in [1.54, 1.807) is 0 Å². The summed E-state index contributed by atoms with van der Waals surface area (Å²) in [5.74, 6) is 7.38. The molecule has 6 heteroatoms. The van der Waals surface area contributed by atoms with E-state index in [1.807, 2.05) is 41.5 Å². The SMILES string of the molecule is C.CC.CC.CC.Cc1nc(C(C)C)nc2c1C=CCC2(C)C(C)C.Cc1nc(C(C)C)nc2c1CC(C)C2(C)C(C)C.Cc1nc(C(C)C)nc2c1CC(C)CC2(C)C(C)C. The average Bonchev–Trinajstić information content (AvgIpc) is 3.48. The lowest BCUT2D eigenvalue weighted by atomic mass is 9.64. The largest absolute Gasteiger partial charge is 0.238 e. The third-order valence-corrected chi connectivity index (χ3v) is 14.2. The van der Waals surface area contributed by atoms with Crippen LogP contribution in [0.25, 0.3) is 6.08 Å². The topological polar surface area (TPSA) is 77.3 Å². The molecule has 3 aliphatic carbocycles. The summed E-state index contributed by atoms with van der Waals surface area (Å²) < 4.78 is 0. The van der Waals surface area contributed by atoms with Crippen molar-refractivity contribution in [3.05, 3.63) is 74.4 Å². The van der Waals surface area contributed by atoms with Crippen LogP contribution in [0, 0.1) is 50.4 Å². The van der Waals surface area contributed by atoms with Crippen molar-refractivity contribution in [2.45, 2.75) is 247 Å². The van der Waals surface area contributed by atoms with Gasteiger partial charge in [0.2, 0.25) is 0 Å². The second-order valence-corrected chi connectivity index (χ2v) is 20.2. The zero-order valence-corrected chi connectivity index (χ0v) is 44.8. The fourth-order valence-electron chi connectivity index (χ4n) is 9.03. The number of hydrogen-bond acceptors (Lipinski definition) is 6. The van der Waals surface area contributed by atoms with Crippen LogP contribution in [0.5, 0.6) is 0 Å². The molecule has 0 saturated carbocycles. The van der Waals surface area contributed by atoms with Gasteiger partial charge in [-0.1, -0.05) is 179 Å². The van der Waals surface area contributed by atoms with Crippen molar-refractivity contribution in [2.24, 2.45) is 29.6 Å². The van der Waals surface area contributed by atoms with Crippen LogP contribution in [-0.4, -0.2) is 29.9 Å². The second-order valence-electron chi connectivity index (χ2n) is 20.2. The van der Waals surface area contributed by atoms with Gasteiger partial charge < -0.3 is 0 Å². The summed E-state index contributed by atoms with van der Waals surface area (Å²) in [6.45, 7) is 57.1. The van der Waals surface area contributed by atoms with E-state index in [9.17, 15) is 0 Å². The molecule has 3 aromatic rings. The summed E-state index contributed by atoms with van der Waals surface area (Å²) in [5, 5.41) is 0. The Labute approximate surface area is 385 Å². The quantitative estimate of drug-likeness (QED) is 0.246. The van der Waals surface area contributed by atoms with Gasteiger partial charge in [-0.2, -0.15) is 0 Å². The van der Waals surface area contributed by atoms with Gasteiger partial charge >= 0.3 is 0 Å². The molecule has 0 bridgehead atoms. The van der Waals surface area contributed by atoms with Crippen molar-refractivity contribution in [1.29, 1.82) is 0 Å². The van der Waals surface area contributed by atoms with Gasteiger partial charge in [0, 0.05) is 56.6 Å². The molecule has 6 nitrogen and oxygen atoms in total. The molecular formula is C56H100N6. The fourth-order valence-corrected chi connectivity index (χ4v) is 9.03. The molecule has 0 aromatic carbocycles. The lowest BCUT2D eigenvalue weighted by Gasteiger charge is -2.41. The van der Waals surface area contributed by atoms with Crippen LogP contribution in [-0.2, 0) is 29.1 Å². The third-order valence-electron chi connectivity index (χ3n) is 14.2. The minimum atomic E-state index is 0. The van der Waals surface area contributed by atoms with E-state index in [-0.39, 0.29) is 23.7 Å². The maximum atomic E-state index is 4.97. The molecule has 354 valence electrons. The molecule has 0 aliphatic heterocycles. The fraction of sp³-hybridized carbons (Fsp3) is 0.750. The van der Waals surface area contributed by atoms with E-state index in [0.29, 0.717) is 41.4 Å². The van der Waals surface area contributed by atoms with Gasteiger partial charge in [-0.05, 0) is 87.2 Å². The summed E-state index contributed by atoms with van der Waals surface area (Å²) >= 11 is 0. The smallest absolute Gasteiger partial charge is 0.131 e. The normalized spacial score (nSPS) is 23.0. The first-order chi connectivity index (χ1) is 28.4. The molecular weight excluding hydrogens is 757 g/mol. The Hall–Kier alpha value is -3.02. The maximum absolute atomic E-state index is 4.97. The lowest BCUT2D eigenvalue weighted by Crippen LogP contribution is -2.38. The molecule has 0 N–H and O–H groups in total. The van der Waals surface area contributed by atoms with E-state index in [2.05, 4.69) is 156 Å². The maximum Gasteiger partial charge on any atom is 0.131 e. The van der Waals surface area contributed by atoms with E-state index in [0.717, 1.165) is 48.3 Å². The minimum absolute atomic E-state index is 0. The highest BCUT2D eigenvalue weighted by Crippen LogP contribution is 2.48. The molecule has 5 unspecified atom stereocenters. The Kier molecular flexibility index (Phi) is 23.7. The van der Waals surface area contributed by atoms with Crippen molar-refractivity contribution < 1.29 is 0 Å². The molecule has 0 amide bonds. The van der Waals surface area contributed by atoms with Gasteiger partial charge in [0.15, 0.2) is 0 Å². The summed E-state index contributed by atoms with van der Waals surface area (Å²) in [6, 6.07) is 0. The standard InChI is InChI=1S/C17H28N2.C16H26N2.C16H24N2.3C2H6.CH4/c1-10(2)16-18-13(6)14-8-12(5)9-17(7,11(3)4)15(14)19-16;1-9(2)15-17-12(6)13-8-11(5)16(7,10(3)4)14(13)18-15;1-10(2)15-17-12(5)13-8-7-9-16(6,11(3)4)14(13)18-15;3*1-2;/h10-12H,8-9H2,1-7H3;9-11H,8H2,1-7H3;7-8,10-11H,9H2,1-6H3;3*1-2H3;1H4. The first-order valence-corrected chi connectivity index (χ1v) is 24.7. The number of aryl methyl sites for hydroxylation is 3.